The van der Waals surface area contributed by atoms with Crippen molar-refractivity contribution >= 4 is 0 Å². The van der Waals surface area contributed by atoms with Gasteiger partial charge < -0.3 is 4.90 Å². The molecule has 0 radical (unpaired) electrons. The molecule has 0 fully saturated rings. The molecule has 0 unspecified atom stereocenters. The smallest absolute Gasteiger partial charge is 0.00187 e. The summed E-state index contributed by atoms with van der Waals surface area (Å²) in [6.45, 7) is 11.1. The number of rotatable bonds is 47. The Morgan fingerprint density at radius 3 is 0.412 bits per heavy atom. The van der Waals surface area contributed by atoms with Crippen LogP contribution < -0.4 is 0 Å². The van der Waals surface area contributed by atoms with Crippen molar-refractivity contribution in [1.82, 2.24) is 4.90 Å². The normalized spacial score (nSPS) is 11.8. The van der Waals surface area contributed by atoms with E-state index in [1.54, 1.807) is 0 Å². The van der Waals surface area contributed by atoms with Gasteiger partial charge in [0, 0.05) is 0 Å². The average molecular weight is 718 g/mol. The van der Waals surface area contributed by atoms with E-state index in [-0.39, 0.29) is 0 Å². The Bertz CT molecular complexity index is 539. The van der Waals surface area contributed by atoms with E-state index >= 15 is 0 Å². The molecular weight excluding hydrogens is 615 g/mol. The van der Waals surface area contributed by atoms with Crippen LogP contribution in [0, 0.1) is 0 Å². The summed E-state index contributed by atoms with van der Waals surface area (Å²) in [4.78, 5) is 2.88. The molecule has 1 nitrogen and oxygen atoms in total. The van der Waals surface area contributed by atoms with E-state index in [0.717, 1.165) is 0 Å². The molecule has 0 N–H and O–H groups in total. The zero-order chi connectivity index (χ0) is 36.8. The summed E-state index contributed by atoms with van der Waals surface area (Å²) < 4.78 is 0. The van der Waals surface area contributed by atoms with Crippen LogP contribution in [0.4, 0.5) is 0 Å². The number of unbranched alkanes of at least 4 members (excludes halogenated alkanes) is 41. The minimum Gasteiger partial charge on any atom is -0.303 e. The van der Waals surface area contributed by atoms with E-state index in [2.05, 4.69) is 25.7 Å². The molecule has 0 aromatic heterocycles. The first kappa shape index (κ1) is 51.0. The monoisotopic (exact) mass is 718 g/mol. The van der Waals surface area contributed by atoms with Gasteiger partial charge in [-0.05, 0) is 38.9 Å². The van der Waals surface area contributed by atoms with Crippen molar-refractivity contribution in [1.29, 1.82) is 0 Å². The lowest BCUT2D eigenvalue weighted by Crippen LogP contribution is -2.27. The van der Waals surface area contributed by atoms with Gasteiger partial charge in [0.25, 0.3) is 0 Å². The summed E-state index contributed by atoms with van der Waals surface area (Å²) in [6.07, 6.45) is 64.6. The molecule has 0 aromatic carbocycles. The highest BCUT2D eigenvalue weighted by Gasteiger charge is 2.06. The van der Waals surface area contributed by atoms with Crippen molar-refractivity contribution in [3.8, 4) is 0 Å². The fraction of sp³-hybridized carbons (Fsp3) is 1.00. The van der Waals surface area contributed by atoms with Crippen molar-refractivity contribution in [2.45, 2.75) is 303 Å². The molecule has 0 aliphatic heterocycles. The molecule has 0 bridgehead atoms. The Morgan fingerprint density at radius 1 is 0.157 bits per heavy atom. The summed E-state index contributed by atoms with van der Waals surface area (Å²) in [5.74, 6) is 0. The van der Waals surface area contributed by atoms with E-state index in [0.29, 0.717) is 0 Å². The fourth-order valence-corrected chi connectivity index (χ4v) is 8.28. The second kappa shape index (κ2) is 48.0. The van der Waals surface area contributed by atoms with Gasteiger partial charge in [-0.3, -0.25) is 0 Å². The molecule has 0 aliphatic carbocycles. The van der Waals surface area contributed by atoms with Gasteiger partial charge in [0.2, 0.25) is 0 Å². The van der Waals surface area contributed by atoms with Crippen LogP contribution in [0.25, 0.3) is 0 Å². The lowest BCUT2D eigenvalue weighted by Gasteiger charge is -2.22. The van der Waals surface area contributed by atoms with Gasteiger partial charge in [-0.25, -0.2) is 0 Å². The minimum atomic E-state index is 1.37. The van der Waals surface area contributed by atoms with Crippen molar-refractivity contribution in [3.05, 3.63) is 0 Å². The Morgan fingerprint density at radius 2 is 0.275 bits per heavy atom. The van der Waals surface area contributed by atoms with Gasteiger partial charge in [-0.15, -0.1) is 0 Å². The summed E-state index contributed by atoms with van der Waals surface area (Å²) in [7, 11) is 0. The largest absolute Gasteiger partial charge is 0.303 e. The maximum absolute atomic E-state index is 2.88. The average Bonchev–Trinajstić information content (AvgIpc) is 3.14. The van der Waals surface area contributed by atoms with Crippen molar-refractivity contribution in [3.63, 3.8) is 0 Å². The first-order chi connectivity index (χ1) is 25.3. The molecular formula is C50H103N. The molecule has 0 aliphatic rings. The predicted molar refractivity (Wildman–Crippen MR) is 237 cm³/mol. The highest BCUT2D eigenvalue weighted by molar-refractivity contribution is 4.61. The van der Waals surface area contributed by atoms with Crippen LogP contribution in [0.1, 0.15) is 303 Å². The van der Waals surface area contributed by atoms with Gasteiger partial charge in [-0.2, -0.15) is 0 Å². The van der Waals surface area contributed by atoms with Crippen molar-refractivity contribution in [2.24, 2.45) is 0 Å². The fourth-order valence-electron chi connectivity index (χ4n) is 8.28. The number of hydrogen-bond acceptors (Lipinski definition) is 1. The first-order valence-corrected chi connectivity index (χ1v) is 25.1. The molecule has 0 atom stereocenters. The van der Waals surface area contributed by atoms with Crippen LogP contribution in [0.15, 0.2) is 0 Å². The zero-order valence-electron chi connectivity index (χ0n) is 36.7. The van der Waals surface area contributed by atoms with Crippen LogP contribution in [-0.2, 0) is 0 Å². The summed E-state index contributed by atoms with van der Waals surface area (Å²) in [5, 5.41) is 0. The number of nitrogens with zero attached hydrogens (tertiary/aromatic N) is 1. The molecule has 0 aromatic rings. The van der Waals surface area contributed by atoms with Crippen LogP contribution in [0.3, 0.4) is 0 Å². The second-order valence-corrected chi connectivity index (χ2v) is 17.3. The number of hydrogen-bond donors (Lipinski definition) is 0. The van der Waals surface area contributed by atoms with E-state index in [1.807, 2.05) is 0 Å². The third-order valence-electron chi connectivity index (χ3n) is 12.0. The Kier molecular flexibility index (Phi) is 47.9. The van der Waals surface area contributed by atoms with Gasteiger partial charge >= 0.3 is 0 Å². The molecule has 0 saturated carbocycles. The SMILES string of the molecule is CCCCCCCCCCCCCCCCCCN(CCCCCCCCCCCCCCCC)CCCCCCCCCCCCCCCC. The Balaban J connectivity index is 3.93. The quantitative estimate of drug-likeness (QED) is 0.0567. The molecule has 308 valence electrons. The molecule has 0 heterocycles. The Hall–Kier alpha value is -0.0400. The Labute approximate surface area is 326 Å². The summed E-state index contributed by atoms with van der Waals surface area (Å²) in [5.41, 5.74) is 0. The van der Waals surface area contributed by atoms with E-state index in [1.165, 1.54) is 302 Å². The predicted octanol–water partition coefficient (Wildman–Crippen LogP) is 18.5. The maximum atomic E-state index is 2.88. The van der Waals surface area contributed by atoms with Gasteiger partial charge in [0.1, 0.15) is 0 Å². The molecule has 0 saturated heterocycles. The lowest BCUT2D eigenvalue weighted by atomic mass is 10.0. The first-order valence-electron chi connectivity index (χ1n) is 25.1. The van der Waals surface area contributed by atoms with Crippen molar-refractivity contribution < 1.29 is 0 Å². The van der Waals surface area contributed by atoms with Crippen LogP contribution in [-0.4, -0.2) is 24.5 Å². The van der Waals surface area contributed by atoms with E-state index < -0.39 is 0 Å². The van der Waals surface area contributed by atoms with Crippen molar-refractivity contribution in [2.75, 3.05) is 19.6 Å². The maximum Gasteiger partial charge on any atom is -0.00187 e. The van der Waals surface area contributed by atoms with Crippen LogP contribution >= 0.6 is 0 Å². The third kappa shape index (κ3) is 46.0. The van der Waals surface area contributed by atoms with Gasteiger partial charge in [0.15, 0.2) is 0 Å². The standard InChI is InChI=1S/C50H103N/c1-4-7-10-13-16-19-22-25-28-29-32-35-38-41-44-47-50-51(48-45-42-39-36-33-30-26-23-20-17-14-11-8-5-2)49-46-43-40-37-34-31-27-24-21-18-15-12-9-6-3/h4-50H2,1-3H3. The molecule has 0 amide bonds. The van der Waals surface area contributed by atoms with Gasteiger partial charge in [-0.1, -0.05) is 284 Å². The lowest BCUT2D eigenvalue weighted by molar-refractivity contribution is 0.254. The molecule has 0 spiro atoms. The third-order valence-corrected chi connectivity index (χ3v) is 12.0. The topological polar surface area (TPSA) is 3.24 Å². The molecule has 0 rings (SSSR count). The molecule has 51 heavy (non-hydrogen) atoms. The van der Waals surface area contributed by atoms with Crippen LogP contribution in [0.5, 0.6) is 0 Å². The van der Waals surface area contributed by atoms with Crippen LogP contribution in [0.2, 0.25) is 0 Å². The summed E-state index contributed by atoms with van der Waals surface area (Å²) >= 11 is 0. The molecule has 1 heteroatoms. The highest BCUT2D eigenvalue weighted by Crippen LogP contribution is 2.17. The zero-order valence-corrected chi connectivity index (χ0v) is 36.7. The van der Waals surface area contributed by atoms with E-state index in [4.69, 9.17) is 0 Å². The van der Waals surface area contributed by atoms with E-state index in [9.17, 15) is 0 Å². The second-order valence-electron chi connectivity index (χ2n) is 17.3. The van der Waals surface area contributed by atoms with Gasteiger partial charge in [0.05, 0.1) is 0 Å². The highest BCUT2D eigenvalue weighted by atomic mass is 15.1. The summed E-state index contributed by atoms with van der Waals surface area (Å²) in [6, 6.07) is 0. The minimum absolute atomic E-state index is 1.37.